The molecule has 0 saturated carbocycles. The Balaban J connectivity index is 2.82. The van der Waals surface area contributed by atoms with E-state index in [2.05, 4.69) is 48.7 Å². The Morgan fingerprint density at radius 1 is 1.38 bits per heavy atom. The second-order valence-corrected chi connectivity index (χ2v) is 5.36. The van der Waals surface area contributed by atoms with Crippen molar-refractivity contribution in [3.8, 4) is 0 Å². The first-order chi connectivity index (χ1) is 7.69. The molecule has 0 saturated heterocycles. The number of unbranched alkanes of at least 4 members (excludes halogenated alkanes) is 1. The number of halogens is 2. The molecule has 0 aliphatic carbocycles. The molecule has 1 rings (SSSR count). The third-order valence-electron chi connectivity index (χ3n) is 2.27. The Kier molecular flexibility index (Phi) is 6.31. The first kappa shape index (κ1) is 13.9. The van der Waals surface area contributed by atoms with Gasteiger partial charge in [-0.3, -0.25) is 0 Å². The van der Waals surface area contributed by atoms with E-state index in [4.69, 9.17) is 5.73 Å². The highest BCUT2D eigenvalue weighted by Crippen LogP contribution is 2.26. The lowest BCUT2D eigenvalue weighted by Crippen LogP contribution is -2.31. The van der Waals surface area contributed by atoms with Gasteiger partial charge in [0.2, 0.25) is 0 Å². The molecule has 0 aliphatic heterocycles. The van der Waals surface area contributed by atoms with Crippen molar-refractivity contribution in [1.29, 1.82) is 0 Å². The summed E-state index contributed by atoms with van der Waals surface area (Å²) in [6, 6.07) is 2.01. The fourth-order valence-electron chi connectivity index (χ4n) is 1.47. The summed E-state index contributed by atoms with van der Waals surface area (Å²) < 4.78 is 1.98. The van der Waals surface area contributed by atoms with Crippen LogP contribution in [0, 0.1) is 0 Å². The zero-order chi connectivity index (χ0) is 12.0. The van der Waals surface area contributed by atoms with Crippen LogP contribution < -0.4 is 10.6 Å². The monoisotopic (exact) mass is 349 g/mol. The number of anilines is 1. The lowest BCUT2D eigenvalue weighted by Gasteiger charge is -2.23. The summed E-state index contributed by atoms with van der Waals surface area (Å²) in [4.78, 5) is 6.65. The van der Waals surface area contributed by atoms with E-state index in [1.807, 2.05) is 12.3 Å². The standard InChI is InChI=1S/C11H17Br2N3/c1-2-3-5-16(6-4-14)11-10(13)7-9(12)8-15-11/h7-8H,2-6,14H2,1H3. The van der Waals surface area contributed by atoms with Gasteiger partial charge in [-0.15, -0.1) is 0 Å². The second-order valence-electron chi connectivity index (χ2n) is 3.59. The third kappa shape index (κ3) is 4.03. The molecule has 16 heavy (non-hydrogen) atoms. The number of nitrogens with zero attached hydrogens (tertiary/aromatic N) is 2. The van der Waals surface area contributed by atoms with E-state index in [0.29, 0.717) is 6.54 Å². The van der Waals surface area contributed by atoms with E-state index in [1.165, 1.54) is 6.42 Å². The van der Waals surface area contributed by atoms with Gasteiger partial charge in [0.15, 0.2) is 0 Å². The minimum absolute atomic E-state index is 0.647. The van der Waals surface area contributed by atoms with Crippen molar-refractivity contribution in [1.82, 2.24) is 4.98 Å². The molecule has 2 N–H and O–H groups in total. The second kappa shape index (κ2) is 7.25. The average Bonchev–Trinajstić information content (AvgIpc) is 2.25. The Bertz CT molecular complexity index is 331. The number of rotatable bonds is 6. The van der Waals surface area contributed by atoms with Crippen LogP contribution in [0.1, 0.15) is 19.8 Å². The van der Waals surface area contributed by atoms with E-state index in [0.717, 1.165) is 34.3 Å². The van der Waals surface area contributed by atoms with Crippen LogP contribution >= 0.6 is 31.9 Å². The van der Waals surface area contributed by atoms with Crippen molar-refractivity contribution in [2.45, 2.75) is 19.8 Å². The third-order valence-corrected chi connectivity index (χ3v) is 3.29. The molecular formula is C11H17Br2N3. The summed E-state index contributed by atoms with van der Waals surface area (Å²) in [6.07, 6.45) is 4.15. The van der Waals surface area contributed by atoms with Gasteiger partial charge in [-0.2, -0.15) is 0 Å². The lowest BCUT2D eigenvalue weighted by molar-refractivity contribution is 0.706. The number of aromatic nitrogens is 1. The van der Waals surface area contributed by atoms with Crippen molar-refractivity contribution in [2.75, 3.05) is 24.5 Å². The van der Waals surface area contributed by atoms with E-state index < -0.39 is 0 Å². The van der Waals surface area contributed by atoms with Crippen molar-refractivity contribution >= 4 is 37.7 Å². The predicted octanol–water partition coefficient (Wildman–Crippen LogP) is 3.17. The zero-order valence-electron chi connectivity index (χ0n) is 9.42. The summed E-state index contributed by atoms with van der Waals surface area (Å²) in [5, 5.41) is 0. The van der Waals surface area contributed by atoms with E-state index in [9.17, 15) is 0 Å². The highest BCUT2D eigenvalue weighted by Gasteiger charge is 2.10. The molecule has 0 aromatic carbocycles. The molecule has 0 aliphatic rings. The van der Waals surface area contributed by atoms with Crippen molar-refractivity contribution < 1.29 is 0 Å². The summed E-state index contributed by atoms with van der Waals surface area (Å²) in [7, 11) is 0. The van der Waals surface area contributed by atoms with Crippen LogP contribution in [0.3, 0.4) is 0 Å². The summed E-state index contributed by atoms with van der Waals surface area (Å²) >= 11 is 6.94. The number of hydrogen-bond donors (Lipinski definition) is 1. The van der Waals surface area contributed by atoms with Crippen LogP contribution in [0.5, 0.6) is 0 Å². The molecule has 90 valence electrons. The van der Waals surface area contributed by atoms with Gasteiger partial charge in [0.05, 0.1) is 4.47 Å². The number of pyridine rings is 1. The van der Waals surface area contributed by atoms with Gasteiger partial charge >= 0.3 is 0 Å². The van der Waals surface area contributed by atoms with Crippen LogP contribution in [0.15, 0.2) is 21.2 Å². The molecule has 0 bridgehead atoms. The molecule has 0 fully saturated rings. The molecule has 0 unspecified atom stereocenters. The topological polar surface area (TPSA) is 42.1 Å². The molecule has 0 amide bonds. The zero-order valence-corrected chi connectivity index (χ0v) is 12.6. The fourth-order valence-corrected chi connectivity index (χ4v) is 2.71. The minimum Gasteiger partial charge on any atom is -0.354 e. The lowest BCUT2D eigenvalue weighted by atomic mass is 10.3. The van der Waals surface area contributed by atoms with Crippen molar-refractivity contribution in [3.63, 3.8) is 0 Å². The number of hydrogen-bond acceptors (Lipinski definition) is 3. The van der Waals surface area contributed by atoms with Crippen molar-refractivity contribution in [2.24, 2.45) is 5.73 Å². The Morgan fingerprint density at radius 3 is 2.69 bits per heavy atom. The van der Waals surface area contributed by atoms with Gasteiger partial charge < -0.3 is 10.6 Å². The summed E-state index contributed by atoms with van der Waals surface area (Å²) in [6.45, 7) is 4.67. The van der Waals surface area contributed by atoms with Crippen LogP contribution in [0.25, 0.3) is 0 Å². The quantitative estimate of drug-likeness (QED) is 0.856. The molecule has 3 nitrogen and oxygen atoms in total. The van der Waals surface area contributed by atoms with Crippen LogP contribution in [0.2, 0.25) is 0 Å². The first-order valence-corrected chi connectivity index (χ1v) is 7.03. The first-order valence-electron chi connectivity index (χ1n) is 5.45. The van der Waals surface area contributed by atoms with Gasteiger partial charge in [-0.25, -0.2) is 4.98 Å². The highest BCUT2D eigenvalue weighted by molar-refractivity contribution is 9.11. The average molecular weight is 351 g/mol. The maximum atomic E-state index is 5.62. The van der Waals surface area contributed by atoms with Gasteiger partial charge in [-0.1, -0.05) is 13.3 Å². The minimum atomic E-state index is 0.647. The summed E-state index contributed by atoms with van der Waals surface area (Å²) in [5.74, 6) is 0.974. The molecule has 0 spiro atoms. The van der Waals surface area contributed by atoms with Gasteiger partial charge in [0.25, 0.3) is 0 Å². The van der Waals surface area contributed by atoms with E-state index in [1.54, 1.807) is 0 Å². The molecule has 5 heteroatoms. The molecule has 0 radical (unpaired) electrons. The van der Waals surface area contributed by atoms with Crippen LogP contribution in [-0.4, -0.2) is 24.6 Å². The van der Waals surface area contributed by atoms with Crippen LogP contribution in [0.4, 0.5) is 5.82 Å². The normalized spacial score (nSPS) is 10.5. The number of nitrogens with two attached hydrogens (primary N) is 1. The molecule has 1 aromatic heterocycles. The Morgan fingerprint density at radius 2 is 2.12 bits per heavy atom. The SMILES string of the molecule is CCCCN(CCN)c1ncc(Br)cc1Br. The maximum Gasteiger partial charge on any atom is 0.142 e. The summed E-state index contributed by atoms with van der Waals surface area (Å²) in [5.41, 5.74) is 5.62. The van der Waals surface area contributed by atoms with Gasteiger partial charge in [0, 0.05) is 30.3 Å². The molecule has 1 heterocycles. The Labute approximate surface area is 114 Å². The largest absolute Gasteiger partial charge is 0.354 e. The maximum absolute atomic E-state index is 5.62. The predicted molar refractivity (Wildman–Crippen MR) is 75.8 cm³/mol. The smallest absolute Gasteiger partial charge is 0.142 e. The highest BCUT2D eigenvalue weighted by atomic mass is 79.9. The van der Waals surface area contributed by atoms with Crippen molar-refractivity contribution in [3.05, 3.63) is 21.2 Å². The Hall–Kier alpha value is -0.130. The molecule has 0 atom stereocenters. The van der Waals surface area contributed by atoms with Gasteiger partial charge in [-0.05, 0) is 44.3 Å². The molecule has 1 aromatic rings. The van der Waals surface area contributed by atoms with Gasteiger partial charge in [0.1, 0.15) is 5.82 Å². The molecular weight excluding hydrogens is 334 g/mol. The van der Waals surface area contributed by atoms with Crippen LogP contribution in [-0.2, 0) is 0 Å². The van der Waals surface area contributed by atoms with E-state index in [-0.39, 0.29) is 0 Å². The fraction of sp³-hybridized carbons (Fsp3) is 0.545. The van der Waals surface area contributed by atoms with E-state index >= 15 is 0 Å².